The molecule has 0 radical (unpaired) electrons. The summed E-state index contributed by atoms with van der Waals surface area (Å²) in [5.41, 5.74) is 2.47. The number of aromatic nitrogens is 5. The molecular formula is C21H24N6O3. The molecule has 5 rings (SSSR count). The van der Waals surface area contributed by atoms with Crippen molar-refractivity contribution in [3.8, 4) is 17.1 Å². The average molecular weight is 408 g/mol. The molecule has 1 amide bonds. The number of ether oxygens (including phenoxy) is 2. The summed E-state index contributed by atoms with van der Waals surface area (Å²) in [6, 6.07) is 2.32. The molecule has 2 aliphatic rings. The minimum Gasteiger partial charge on any atom is -0.473 e. The van der Waals surface area contributed by atoms with Gasteiger partial charge in [-0.25, -0.2) is 9.50 Å². The lowest BCUT2D eigenvalue weighted by Crippen LogP contribution is -2.49. The number of carbonyl (C=O) groups is 1. The summed E-state index contributed by atoms with van der Waals surface area (Å²) in [5.74, 6) is 0.476. The van der Waals surface area contributed by atoms with E-state index in [0.717, 1.165) is 42.6 Å². The summed E-state index contributed by atoms with van der Waals surface area (Å²) in [4.78, 5) is 18.3. The number of rotatable bonds is 6. The second kappa shape index (κ2) is 7.56. The second-order valence-corrected chi connectivity index (χ2v) is 7.84. The monoisotopic (exact) mass is 408 g/mol. The molecule has 0 N–H and O–H groups in total. The Hall–Kier alpha value is -3.20. The van der Waals surface area contributed by atoms with E-state index in [1.807, 2.05) is 29.3 Å². The van der Waals surface area contributed by atoms with Crippen LogP contribution < -0.4 is 4.74 Å². The van der Waals surface area contributed by atoms with Crippen molar-refractivity contribution in [3.05, 3.63) is 43.5 Å². The fourth-order valence-corrected chi connectivity index (χ4v) is 3.96. The van der Waals surface area contributed by atoms with E-state index < -0.39 is 0 Å². The van der Waals surface area contributed by atoms with Gasteiger partial charge in [-0.05, 0) is 18.6 Å². The van der Waals surface area contributed by atoms with Crippen molar-refractivity contribution >= 4 is 11.4 Å². The molecule has 0 bridgehead atoms. The molecule has 3 aromatic heterocycles. The molecule has 0 aromatic carbocycles. The lowest BCUT2D eigenvalue weighted by atomic mass is 9.88. The highest BCUT2D eigenvalue weighted by molar-refractivity contribution is 5.87. The van der Waals surface area contributed by atoms with Crippen LogP contribution in [0.15, 0.2) is 43.5 Å². The predicted octanol–water partition coefficient (Wildman–Crippen LogP) is 2.11. The van der Waals surface area contributed by atoms with E-state index in [-0.39, 0.29) is 24.1 Å². The normalized spacial score (nSPS) is 23.3. The van der Waals surface area contributed by atoms with E-state index in [1.165, 1.54) is 6.08 Å². The Morgan fingerprint density at radius 1 is 1.37 bits per heavy atom. The first-order valence-corrected chi connectivity index (χ1v) is 10.1. The summed E-state index contributed by atoms with van der Waals surface area (Å²) < 4.78 is 15.4. The SMILES string of the molecule is C=CC(=O)N(C)[C@H]1C[C@@H](Oc2nc(-c3cnn([C@@H]4CCOC4)c3)cn3nccc23)C1. The minimum absolute atomic E-state index is 0.00914. The number of hydrogen-bond acceptors (Lipinski definition) is 6. The standard InChI is InChI=1S/C21H24N6O3/c1-3-20(28)25(2)16-8-17(9-16)30-21-19-4-6-22-27(19)12-18(24-21)14-10-23-26(11-14)15-5-7-29-13-15/h3-4,6,10-12,15-17H,1,5,7-9,13H2,2H3/t15-,16-,17+/m1/s1. The summed E-state index contributed by atoms with van der Waals surface area (Å²) in [6.07, 6.45) is 11.3. The van der Waals surface area contributed by atoms with E-state index in [0.29, 0.717) is 12.5 Å². The highest BCUT2D eigenvalue weighted by Gasteiger charge is 2.36. The van der Waals surface area contributed by atoms with Crippen LogP contribution >= 0.6 is 0 Å². The molecule has 1 saturated heterocycles. The molecule has 1 aliphatic heterocycles. The molecular weight excluding hydrogens is 384 g/mol. The van der Waals surface area contributed by atoms with E-state index in [1.54, 1.807) is 22.7 Å². The molecule has 1 atom stereocenters. The fourth-order valence-electron chi connectivity index (χ4n) is 3.96. The topological polar surface area (TPSA) is 86.8 Å². The molecule has 30 heavy (non-hydrogen) atoms. The van der Waals surface area contributed by atoms with Crippen LogP contribution in [0.4, 0.5) is 0 Å². The first-order valence-electron chi connectivity index (χ1n) is 10.1. The van der Waals surface area contributed by atoms with Gasteiger partial charge in [0, 0.05) is 44.3 Å². The lowest BCUT2D eigenvalue weighted by Gasteiger charge is -2.40. The van der Waals surface area contributed by atoms with Crippen LogP contribution in [0.2, 0.25) is 0 Å². The molecule has 3 aromatic rings. The molecule has 2 fully saturated rings. The molecule has 4 heterocycles. The lowest BCUT2D eigenvalue weighted by molar-refractivity contribution is -0.130. The third kappa shape index (κ3) is 3.35. The first kappa shape index (κ1) is 18.8. The molecule has 9 nitrogen and oxygen atoms in total. The van der Waals surface area contributed by atoms with Gasteiger partial charge in [-0.15, -0.1) is 0 Å². The molecule has 156 valence electrons. The number of likely N-dealkylation sites (N-methyl/N-ethyl adjacent to an activating group) is 1. The highest BCUT2D eigenvalue weighted by Crippen LogP contribution is 2.32. The van der Waals surface area contributed by atoms with E-state index in [9.17, 15) is 4.79 Å². The maximum Gasteiger partial charge on any atom is 0.245 e. The molecule has 9 heteroatoms. The van der Waals surface area contributed by atoms with Crippen molar-refractivity contribution in [2.24, 2.45) is 0 Å². The van der Waals surface area contributed by atoms with Crippen LogP contribution in [0, 0.1) is 0 Å². The van der Waals surface area contributed by atoms with Gasteiger partial charge in [0.25, 0.3) is 0 Å². The number of amides is 1. The highest BCUT2D eigenvalue weighted by atomic mass is 16.5. The maximum atomic E-state index is 11.8. The van der Waals surface area contributed by atoms with Gasteiger partial charge in [0.1, 0.15) is 11.6 Å². The molecule has 1 saturated carbocycles. The third-order valence-electron chi connectivity index (χ3n) is 5.95. The Bertz CT molecular complexity index is 1080. The van der Waals surface area contributed by atoms with E-state index in [4.69, 9.17) is 14.5 Å². The largest absolute Gasteiger partial charge is 0.473 e. The average Bonchev–Trinajstić information content (AvgIpc) is 3.48. The van der Waals surface area contributed by atoms with Crippen molar-refractivity contribution in [2.75, 3.05) is 20.3 Å². The van der Waals surface area contributed by atoms with Crippen molar-refractivity contribution in [3.63, 3.8) is 0 Å². The van der Waals surface area contributed by atoms with Crippen LogP contribution in [0.5, 0.6) is 5.88 Å². The Labute approximate surface area is 173 Å². The minimum atomic E-state index is -0.0681. The number of hydrogen-bond donors (Lipinski definition) is 0. The van der Waals surface area contributed by atoms with Crippen LogP contribution in [0.3, 0.4) is 0 Å². The van der Waals surface area contributed by atoms with Crippen LogP contribution in [0.1, 0.15) is 25.3 Å². The first-order chi connectivity index (χ1) is 14.6. The Balaban J connectivity index is 1.35. The quantitative estimate of drug-likeness (QED) is 0.581. The van der Waals surface area contributed by atoms with Gasteiger partial charge in [-0.1, -0.05) is 6.58 Å². The number of fused-ring (bicyclic) bond motifs is 1. The van der Waals surface area contributed by atoms with Crippen molar-refractivity contribution in [1.82, 2.24) is 29.3 Å². The summed E-state index contributed by atoms with van der Waals surface area (Å²) in [7, 11) is 1.80. The fraction of sp³-hybridized carbons (Fsp3) is 0.429. The summed E-state index contributed by atoms with van der Waals surface area (Å²) in [6.45, 7) is 5.00. The summed E-state index contributed by atoms with van der Waals surface area (Å²) >= 11 is 0. The zero-order valence-corrected chi connectivity index (χ0v) is 16.8. The Morgan fingerprint density at radius 2 is 2.23 bits per heavy atom. The van der Waals surface area contributed by atoms with Gasteiger partial charge >= 0.3 is 0 Å². The van der Waals surface area contributed by atoms with Gasteiger partial charge in [0.05, 0.1) is 36.9 Å². The van der Waals surface area contributed by atoms with Gasteiger partial charge in [-0.3, -0.25) is 9.48 Å². The maximum absolute atomic E-state index is 11.8. The van der Waals surface area contributed by atoms with Gasteiger partial charge < -0.3 is 14.4 Å². The van der Waals surface area contributed by atoms with Gasteiger partial charge in [0.15, 0.2) is 0 Å². The van der Waals surface area contributed by atoms with Gasteiger partial charge in [0.2, 0.25) is 11.8 Å². The van der Waals surface area contributed by atoms with E-state index in [2.05, 4.69) is 16.8 Å². The van der Waals surface area contributed by atoms with Crippen molar-refractivity contribution in [1.29, 1.82) is 0 Å². The van der Waals surface area contributed by atoms with Gasteiger partial charge in [-0.2, -0.15) is 10.2 Å². The van der Waals surface area contributed by atoms with Crippen LogP contribution in [-0.2, 0) is 9.53 Å². The predicted molar refractivity (Wildman–Crippen MR) is 109 cm³/mol. The van der Waals surface area contributed by atoms with Crippen molar-refractivity contribution < 1.29 is 14.3 Å². The number of nitrogens with zero attached hydrogens (tertiary/aromatic N) is 6. The van der Waals surface area contributed by atoms with Crippen LogP contribution in [0.25, 0.3) is 16.8 Å². The Morgan fingerprint density at radius 3 is 3.00 bits per heavy atom. The zero-order chi connectivity index (χ0) is 20.7. The smallest absolute Gasteiger partial charge is 0.245 e. The second-order valence-electron chi connectivity index (χ2n) is 7.84. The molecule has 0 spiro atoms. The van der Waals surface area contributed by atoms with E-state index >= 15 is 0 Å². The number of carbonyl (C=O) groups excluding carboxylic acids is 1. The van der Waals surface area contributed by atoms with Crippen molar-refractivity contribution in [2.45, 2.75) is 37.5 Å². The Kier molecular flexibility index (Phi) is 4.74. The molecule has 0 unspecified atom stereocenters. The zero-order valence-electron chi connectivity index (χ0n) is 16.8. The third-order valence-corrected chi connectivity index (χ3v) is 5.95. The van der Waals surface area contributed by atoms with Crippen LogP contribution in [-0.4, -0.2) is 67.6 Å². The summed E-state index contributed by atoms with van der Waals surface area (Å²) in [5, 5.41) is 8.86. The molecule has 1 aliphatic carbocycles.